The molecule has 2 heterocycles. The Labute approximate surface area is 143 Å². The first-order valence-corrected chi connectivity index (χ1v) is 9.16. The van der Waals surface area contributed by atoms with Crippen LogP contribution in [0, 0.1) is 11.8 Å². The number of carbonyl (C=O) groups excluding carboxylic acids is 1. The van der Waals surface area contributed by atoms with Crippen LogP contribution >= 0.6 is 0 Å². The molecule has 0 radical (unpaired) electrons. The first kappa shape index (κ1) is 15.8. The molecular formula is C19H26N2O3. The summed E-state index contributed by atoms with van der Waals surface area (Å²) in [6.07, 6.45) is 4.31. The van der Waals surface area contributed by atoms with Gasteiger partial charge in [0.2, 0.25) is 12.7 Å². The molecule has 1 amide bonds. The molecule has 1 saturated heterocycles. The minimum Gasteiger partial charge on any atom is -0.454 e. The highest BCUT2D eigenvalue weighted by atomic mass is 16.7. The fourth-order valence-electron chi connectivity index (χ4n) is 3.87. The number of nitrogens with zero attached hydrogens (tertiary/aromatic N) is 1. The summed E-state index contributed by atoms with van der Waals surface area (Å²) in [6, 6.07) is 6.51. The van der Waals surface area contributed by atoms with Crippen LogP contribution in [0.25, 0.3) is 0 Å². The van der Waals surface area contributed by atoms with Crippen LogP contribution in [0.5, 0.6) is 11.5 Å². The molecule has 5 heteroatoms. The van der Waals surface area contributed by atoms with Gasteiger partial charge in [-0.15, -0.1) is 0 Å². The summed E-state index contributed by atoms with van der Waals surface area (Å²) >= 11 is 0. The van der Waals surface area contributed by atoms with Gasteiger partial charge in [0.25, 0.3) is 0 Å². The molecule has 2 fully saturated rings. The zero-order valence-electron chi connectivity index (χ0n) is 14.3. The van der Waals surface area contributed by atoms with Crippen LogP contribution in [-0.2, 0) is 11.3 Å². The van der Waals surface area contributed by atoms with Crippen molar-refractivity contribution in [3.63, 3.8) is 0 Å². The molecule has 1 saturated carbocycles. The van der Waals surface area contributed by atoms with Crippen molar-refractivity contribution in [2.24, 2.45) is 11.8 Å². The van der Waals surface area contributed by atoms with Gasteiger partial charge >= 0.3 is 0 Å². The van der Waals surface area contributed by atoms with Crippen molar-refractivity contribution in [3.8, 4) is 11.5 Å². The van der Waals surface area contributed by atoms with Crippen LogP contribution in [0.15, 0.2) is 18.2 Å². The topological polar surface area (TPSA) is 50.8 Å². The summed E-state index contributed by atoms with van der Waals surface area (Å²) in [7, 11) is 0. The van der Waals surface area contributed by atoms with E-state index in [4.69, 9.17) is 9.47 Å². The lowest BCUT2D eigenvalue weighted by molar-refractivity contribution is -0.134. The Hall–Kier alpha value is -1.75. The van der Waals surface area contributed by atoms with E-state index in [1.54, 1.807) is 0 Å². The highest BCUT2D eigenvalue weighted by Gasteiger charge is 2.37. The Morgan fingerprint density at radius 3 is 2.96 bits per heavy atom. The summed E-state index contributed by atoms with van der Waals surface area (Å²) in [5.41, 5.74) is 1.15. The van der Waals surface area contributed by atoms with E-state index in [1.807, 2.05) is 12.1 Å². The maximum atomic E-state index is 12.3. The van der Waals surface area contributed by atoms with Crippen molar-refractivity contribution in [3.05, 3.63) is 23.8 Å². The smallest absolute Gasteiger partial charge is 0.231 e. The first-order valence-electron chi connectivity index (χ1n) is 9.16. The summed E-state index contributed by atoms with van der Waals surface area (Å²) in [6.45, 7) is 5.10. The molecule has 5 nitrogen and oxygen atoms in total. The molecule has 0 aromatic heterocycles. The van der Waals surface area contributed by atoms with E-state index < -0.39 is 0 Å². The van der Waals surface area contributed by atoms with Crippen molar-refractivity contribution in [1.82, 2.24) is 10.2 Å². The standard InChI is InChI=1S/C19H26N2O3/c1-2-13-11-21(19(22)14-6-7-14)9-8-16(13)20-10-15-4-3-5-17-18(15)24-12-23-17/h3-5,13-14,16,20H,2,6-12H2,1H3. The van der Waals surface area contributed by atoms with Crippen molar-refractivity contribution < 1.29 is 14.3 Å². The zero-order valence-corrected chi connectivity index (χ0v) is 14.3. The number of nitrogens with one attached hydrogen (secondary N) is 1. The molecule has 2 unspecified atom stereocenters. The second-order valence-corrected chi connectivity index (χ2v) is 7.15. The lowest BCUT2D eigenvalue weighted by atomic mass is 9.89. The number of ether oxygens (including phenoxy) is 2. The molecule has 0 bridgehead atoms. The third-order valence-electron chi connectivity index (χ3n) is 5.53. The van der Waals surface area contributed by atoms with Gasteiger partial charge in [-0.05, 0) is 31.2 Å². The van der Waals surface area contributed by atoms with E-state index in [0.717, 1.165) is 62.4 Å². The van der Waals surface area contributed by atoms with Gasteiger partial charge in [0, 0.05) is 37.2 Å². The number of benzene rings is 1. The Kier molecular flexibility index (Phi) is 4.35. The Morgan fingerprint density at radius 2 is 2.17 bits per heavy atom. The van der Waals surface area contributed by atoms with E-state index in [0.29, 0.717) is 30.6 Å². The van der Waals surface area contributed by atoms with Crippen molar-refractivity contribution in [2.75, 3.05) is 19.9 Å². The molecule has 2 aliphatic heterocycles. The molecule has 1 aliphatic carbocycles. The van der Waals surface area contributed by atoms with Gasteiger partial charge in [0.05, 0.1) is 0 Å². The Morgan fingerprint density at radius 1 is 1.29 bits per heavy atom. The summed E-state index contributed by atoms with van der Waals surface area (Å²) in [4.78, 5) is 14.4. The first-order chi connectivity index (χ1) is 11.8. The van der Waals surface area contributed by atoms with E-state index in [9.17, 15) is 4.79 Å². The van der Waals surface area contributed by atoms with E-state index in [1.165, 1.54) is 0 Å². The summed E-state index contributed by atoms with van der Waals surface area (Å²) in [5, 5.41) is 3.70. The molecule has 0 spiro atoms. The Bertz CT molecular complexity index is 615. The second-order valence-electron chi connectivity index (χ2n) is 7.15. The minimum atomic E-state index is 0.311. The monoisotopic (exact) mass is 330 g/mol. The average molecular weight is 330 g/mol. The maximum absolute atomic E-state index is 12.3. The highest BCUT2D eigenvalue weighted by Crippen LogP contribution is 2.36. The highest BCUT2D eigenvalue weighted by molar-refractivity contribution is 5.81. The molecule has 1 N–H and O–H groups in total. The largest absolute Gasteiger partial charge is 0.454 e. The molecular weight excluding hydrogens is 304 g/mol. The van der Waals surface area contributed by atoms with Crippen LogP contribution in [-0.4, -0.2) is 36.7 Å². The molecule has 3 aliphatic rings. The second kappa shape index (κ2) is 6.63. The summed E-state index contributed by atoms with van der Waals surface area (Å²) < 4.78 is 11.0. The molecule has 130 valence electrons. The fourth-order valence-corrected chi connectivity index (χ4v) is 3.87. The molecule has 24 heavy (non-hydrogen) atoms. The SMILES string of the molecule is CCC1CN(C(=O)C2CC2)CCC1NCc1cccc2c1OCO2. The van der Waals surface area contributed by atoms with Crippen LogP contribution < -0.4 is 14.8 Å². The third kappa shape index (κ3) is 3.09. The minimum absolute atomic E-state index is 0.311. The van der Waals surface area contributed by atoms with Crippen LogP contribution in [0.1, 0.15) is 38.2 Å². The van der Waals surface area contributed by atoms with Crippen molar-refractivity contribution >= 4 is 5.91 Å². The fraction of sp³-hybridized carbons (Fsp3) is 0.632. The van der Waals surface area contributed by atoms with Gasteiger partial charge in [0.1, 0.15) is 0 Å². The molecule has 1 aromatic carbocycles. The Balaban J connectivity index is 1.36. The van der Waals surface area contributed by atoms with Gasteiger partial charge < -0.3 is 19.7 Å². The van der Waals surface area contributed by atoms with Crippen LogP contribution in [0.3, 0.4) is 0 Å². The lowest BCUT2D eigenvalue weighted by Crippen LogP contribution is -2.51. The predicted molar refractivity (Wildman–Crippen MR) is 90.9 cm³/mol. The number of amides is 1. The summed E-state index contributed by atoms with van der Waals surface area (Å²) in [5.74, 6) is 2.95. The van der Waals surface area contributed by atoms with Gasteiger partial charge in [-0.2, -0.15) is 0 Å². The predicted octanol–water partition coefficient (Wildman–Crippen LogP) is 2.54. The number of hydrogen-bond donors (Lipinski definition) is 1. The maximum Gasteiger partial charge on any atom is 0.231 e. The number of rotatable bonds is 5. The molecule has 4 rings (SSSR count). The quantitative estimate of drug-likeness (QED) is 0.901. The average Bonchev–Trinajstić information content (AvgIpc) is 3.36. The van der Waals surface area contributed by atoms with Gasteiger partial charge in [-0.1, -0.05) is 25.5 Å². The van der Waals surface area contributed by atoms with Gasteiger partial charge in [-0.3, -0.25) is 4.79 Å². The number of carbonyl (C=O) groups is 1. The number of piperidine rings is 1. The number of hydrogen-bond acceptors (Lipinski definition) is 4. The van der Waals surface area contributed by atoms with E-state index >= 15 is 0 Å². The molecule has 2 atom stereocenters. The number of fused-ring (bicyclic) bond motifs is 1. The number of likely N-dealkylation sites (tertiary alicyclic amines) is 1. The van der Waals surface area contributed by atoms with Crippen LogP contribution in [0.2, 0.25) is 0 Å². The molecule has 1 aromatic rings. The van der Waals surface area contributed by atoms with Crippen molar-refractivity contribution in [2.45, 2.75) is 45.2 Å². The zero-order chi connectivity index (χ0) is 16.5. The lowest BCUT2D eigenvalue weighted by Gasteiger charge is -2.39. The third-order valence-corrected chi connectivity index (χ3v) is 5.53. The van der Waals surface area contributed by atoms with Crippen molar-refractivity contribution in [1.29, 1.82) is 0 Å². The van der Waals surface area contributed by atoms with Gasteiger partial charge in [0.15, 0.2) is 11.5 Å². The van der Waals surface area contributed by atoms with E-state index in [-0.39, 0.29) is 0 Å². The number of para-hydroxylation sites is 1. The van der Waals surface area contributed by atoms with E-state index in [2.05, 4.69) is 23.2 Å². The normalized spacial score (nSPS) is 25.8. The van der Waals surface area contributed by atoms with Gasteiger partial charge in [-0.25, -0.2) is 0 Å². The van der Waals surface area contributed by atoms with Crippen LogP contribution in [0.4, 0.5) is 0 Å².